The van der Waals surface area contributed by atoms with E-state index < -0.39 is 10.2 Å². The van der Waals surface area contributed by atoms with Crippen LogP contribution in [0, 0.1) is 0 Å². The van der Waals surface area contributed by atoms with Crippen molar-refractivity contribution in [3.8, 4) is 5.75 Å². The lowest BCUT2D eigenvalue weighted by atomic mass is 10.2. The molecule has 1 atom stereocenters. The van der Waals surface area contributed by atoms with Crippen LogP contribution in [0.3, 0.4) is 0 Å². The second-order valence-electron chi connectivity index (χ2n) is 5.20. The van der Waals surface area contributed by atoms with E-state index >= 15 is 0 Å². The molecule has 0 aromatic heterocycles. The Morgan fingerprint density at radius 1 is 1.48 bits per heavy atom. The Hall–Kier alpha value is -1.15. The van der Waals surface area contributed by atoms with Crippen LogP contribution in [0.5, 0.6) is 5.75 Å². The number of aliphatic hydroxyl groups excluding tert-OH is 1. The molecule has 21 heavy (non-hydrogen) atoms. The normalized spacial score (nSPS) is 20.1. The maximum absolute atomic E-state index is 12.6. The quantitative estimate of drug-likeness (QED) is 0.844. The maximum Gasteiger partial charge on any atom is 0.282 e. The molecule has 6 nitrogen and oxygen atoms in total. The van der Waals surface area contributed by atoms with Gasteiger partial charge < -0.3 is 9.84 Å². The molecule has 7 heteroatoms. The molecule has 1 saturated heterocycles. The zero-order valence-corrected chi connectivity index (χ0v) is 13.2. The minimum absolute atomic E-state index is 0.133. The highest BCUT2D eigenvalue weighted by Crippen LogP contribution is 2.23. The summed E-state index contributed by atoms with van der Waals surface area (Å²) in [6.07, 6.45) is 1.50. The molecule has 2 rings (SSSR count). The molecule has 118 valence electrons. The molecule has 0 aliphatic carbocycles. The summed E-state index contributed by atoms with van der Waals surface area (Å²) in [5.74, 6) is 0.702. The van der Waals surface area contributed by atoms with Crippen LogP contribution >= 0.6 is 0 Å². The van der Waals surface area contributed by atoms with Gasteiger partial charge in [-0.05, 0) is 30.5 Å². The van der Waals surface area contributed by atoms with Gasteiger partial charge in [0.05, 0.1) is 13.7 Å². The van der Waals surface area contributed by atoms with Crippen molar-refractivity contribution in [3.63, 3.8) is 0 Å². The molecule has 1 heterocycles. The number of benzene rings is 1. The Bertz CT molecular complexity index is 576. The van der Waals surface area contributed by atoms with Gasteiger partial charge in [-0.15, -0.1) is 0 Å². The van der Waals surface area contributed by atoms with Crippen molar-refractivity contribution in [2.75, 3.05) is 27.3 Å². The fraction of sp³-hybridized carbons (Fsp3) is 0.571. The fourth-order valence-corrected chi connectivity index (χ4v) is 4.16. The minimum Gasteiger partial charge on any atom is -0.497 e. The van der Waals surface area contributed by atoms with Crippen LogP contribution in [0.2, 0.25) is 0 Å². The monoisotopic (exact) mass is 314 g/mol. The van der Waals surface area contributed by atoms with E-state index in [0.29, 0.717) is 18.7 Å². The molecular weight excluding hydrogens is 292 g/mol. The first-order valence-corrected chi connectivity index (χ1v) is 8.35. The van der Waals surface area contributed by atoms with E-state index in [1.807, 2.05) is 24.3 Å². The molecule has 1 fully saturated rings. The summed E-state index contributed by atoms with van der Waals surface area (Å²) in [7, 11) is -0.416. The van der Waals surface area contributed by atoms with Gasteiger partial charge in [-0.25, -0.2) is 0 Å². The zero-order chi connectivity index (χ0) is 15.5. The van der Waals surface area contributed by atoms with Crippen molar-refractivity contribution in [1.29, 1.82) is 0 Å². The van der Waals surface area contributed by atoms with Crippen LogP contribution in [0.4, 0.5) is 0 Å². The predicted molar refractivity (Wildman–Crippen MR) is 80.2 cm³/mol. The highest BCUT2D eigenvalue weighted by atomic mass is 32.2. The van der Waals surface area contributed by atoms with E-state index in [1.165, 1.54) is 8.61 Å². The van der Waals surface area contributed by atoms with Crippen LogP contribution in [0.1, 0.15) is 18.4 Å². The summed E-state index contributed by atoms with van der Waals surface area (Å²) in [6, 6.07) is 7.03. The first-order valence-electron chi connectivity index (χ1n) is 6.96. The molecule has 0 bridgehead atoms. The molecule has 1 aromatic rings. The van der Waals surface area contributed by atoms with E-state index in [1.54, 1.807) is 14.2 Å². The molecule has 0 radical (unpaired) electrons. The minimum atomic E-state index is -3.55. The average molecular weight is 314 g/mol. The second kappa shape index (κ2) is 6.74. The van der Waals surface area contributed by atoms with Crippen molar-refractivity contribution < 1.29 is 18.3 Å². The predicted octanol–water partition coefficient (Wildman–Crippen LogP) is 0.829. The van der Waals surface area contributed by atoms with E-state index in [9.17, 15) is 13.5 Å². The van der Waals surface area contributed by atoms with Crippen LogP contribution in [0.15, 0.2) is 24.3 Å². The van der Waals surface area contributed by atoms with E-state index in [4.69, 9.17) is 4.74 Å². The van der Waals surface area contributed by atoms with Gasteiger partial charge in [0.15, 0.2) is 0 Å². The number of ether oxygens (including phenoxy) is 1. The smallest absolute Gasteiger partial charge is 0.282 e. The third kappa shape index (κ3) is 3.55. The van der Waals surface area contributed by atoms with E-state index in [2.05, 4.69) is 0 Å². The summed E-state index contributed by atoms with van der Waals surface area (Å²) in [5.41, 5.74) is 0.861. The second-order valence-corrected chi connectivity index (χ2v) is 7.19. The van der Waals surface area contributed by atoms with Crippen molar-refractivity contribution in [1.82, 2.24) is 8.61 Å². The van der Waals surface area contributed by atoms with Crippen LogP contribution in [-0.4, -0.2) is 55.5 Å². The standard InChI is InChI=1S/C14H22N2O4S/c1-15(10-12-5-3-7-14(9-12)20-2)21(18,19)16-8-4-6-13(16)11-17/h3,5,7,9,13,17H,4,6,8,10-11H2,1-2H3/t13-/m0/s1. The van der Waals surface area contributed by atoms with Gasteiger partial charge >= 0.3 is 0 Å². The largest absolute Gasteiger partial charge is 0.497 e. The van der Waals surface area contributed by atoms with Gasteiger partial charge in [0.2, 0.25) is 0 Å². The topological polar surface area (TPSA) is 70.1 Å². The molecule has 0 unspecified atom stereocenters. The lowest BCUT2D eigenvalue weighted by Crippen LogP contribution is -2.45. The summed E-state index contributed by atoms with van der Waals surface area (Å²) in [4.78, 5) is 0. The van der Waals surface area contributed by atoms with Gasteiger partial charge in [0, 0.05) is 26.2 Å². The molecule has 1 aromatic carbocycles. The van der Waals surface area contributed by atoms with E-state index in [0.717, 1.165) is 12.0 Å². The number of hydrogen-bond acceptors (Lipinski definition) is 4. The van der Waals surface area contributed by atoms with Crippen molar-refractivity contribution in [2.24, 2.45) is 0 Å². The Balaban J connectivity index is 2.12. The summed E-state index contributed by atoms with van der Waals surface area (Å²) >= 11 is 0. The summed E-state index contributed by atoms with van der Waals surface area (Å²) in [6.45, 7) is 0.608. The van der Waals surface area contributed by atoms with Gasteiger partial charge in [-0.1, -0.05) is 12.1 Å². The number of hydrogen-bond donors (Lipinski definition) is 1. The average Bonchev–Trinajstić information content (AvgIpc) is 2.96. The Labute approximate surface area is 126 Å². The Kier molecular flexibility index (Phi) is 5.21. The molecule has 1 aliphatic heterocycles. The molecule has 0 spiro atoms. The fourth-order valence-electron chi connectivity index (χ4n) is 2.58. The lowest BCUT2D eigenvalue weighted by Gasteiger charge is -2.28. The molecule has 0 amide bonds. The third-order valence-corrected chi connectivity index (χ3v) is 5.75. The SMILES string of the molecule is COc1cccc(CN(C)S(=O)(=O)N2CCC[C@H]2CO)c1. The highest BCUT2D eigenvalue weighted by molar-refractivity contribution is 7.86. The van der Waals surface area contributed by atoms with Gasteiger partial charge in [0.25, 0.3) is 10.2 Å². The first kappa shape index (κ1) is 16.2. The number of aliphatic hydroxyl groups is 1. The van der Waals surface area contributed by atoms with Gasteiger partial charge in [0.1, 0.15) is 5.75 Å². The van der Waals surface area contributed by atoms with Crippen LogP contribution < -0.4 is 4.74 Å². The first-order chi connectivity index (χ1) is 9.98. The number of nitrogens with zero attached hydrogens (tertiary/aromatic N) is 2. The summed E-state index contributed by atoms with van der Waals surface area (Å²) < 4.78 is 33.0. The molecular formula is C14H22N2O4S. The Morgan fingerprint density at radius 2 is 2.24 bits per heavy atom. The molecule has 1 aliphatic rings. The number of rotatable bonds is 6. The van der Waals surface area contributed by atoms with Crippen LogP contribution in [-0.2, 0) is 16.8 Å². The Morgan fingerprint density at radius 3 is 2.90 bits per heavy atom. The van der Waals surface area contributed by atoms with Crippen molar-refractivity contribution in [2.45, 2.75) is 25.4 Å². The maximum atomic E-state index is 12.6. The van der Waals surface area contributed by atoms with Crippen molar-refractivity contribution in [3.05, 3.63) is 29.8 Å². The zero-order valence-electron chi connectivity index (χ0n) is 12.4. The molecule has 1 N–H and O–H groups in total. The van der Waals surface area contributed by atoms with Crippen LogP contribution in [0.25, 0.3) is 0 Å². The lowest BCUT2D eigenvalue weighted by molar-refractivity contribution is 0.207. The third-order valence-electron chi connectivity index (χ3n) is 3.76. The highest BCUT2D eigenvalue weighted by Gasteiger charge is 2.36. The number of methoxy groups -OCH3 is 1. The van der Waals surface area contributed by atoms with Crippen molar-refractivity contribution >= 4 is 10.2 Å². The summed E-state index contributed by atoms with van der Waals surface area (Å²) in [5, 5.41) is 9.30. The van der Waals surface area contributed by atoms with Gasteiger partial charge in [-0.2, -0.15) is 17.0 Å². The van der Waals surface area contributed by atoms with Gasteiger partial charge in [-0.3, -0.25) is 0 Å². The van der Waals surface area contributed by atoms with E-state index in [-0.39, 0.29) is 19.2 Å². The molecule has 0 saturated carbocycles.